The average molecular weight is 491 g/mol. The van der Waals surface area contributed by atoms with Crippen LogP contribution in [0.1, 0.15) is 30.0 Å². The zero-order valence-corrected chi connectivity index (χ0v) is 20.6. The third kappa shape index (κ3) is 7.43. The monoisotopic (exact) mass is 489 g/mol. The van der Waals surface area contributed by atoms with E-state index in [2.05, 4.69) is 32.7 Å². The van der Waals surface area contributed by atoms with Crippen LogP contribution in [0.25, 0.3) is 0 Å². The van der Waals surface area contributed by atoms with Gasteiger partial charge in [0.25, 0.3) is 5.22 Å². The molecule has 31 heavy (non-hydrogen) atoms. The fourth-order valence-corrected chi connectivity index (χ4v) is 4.53. The van der Waals surface area contributed by atoms with Gasteiger partial charge in [0, 0.05) is 37.1 Å². The zero-order chi connectivity index (χ0) is 20.1. The van der Waals surface area contributed by atoms with Crippen LogP contribution in [0.5, 0.6) is 0 Å². The van der Waals surface area contributed by atoms with Crippen molar-refractivity contribution in [3.05, 3.63) is 29.3 Å². The van der Waals surface area contributed by atoms with Crippen molar-refractivity contribution < 1.29 is 9.15 Å². The first-order chi connectivity index (χ1) is 14.2. The molecule has 0 aromatic carbocycles. The van der Waals surface area contributed by atoms with Crippen molar-refractivity contribution in [3.8, 4) is 0 Å². The highest BCUT2D eigenvalue weighted by Gasteiger charge is 2.16. The second-order valence-electron chi connectivity index (χ2n) is 7.80. The van der Waals surface area contributed by atoms with Gasteiger partial charge >= 0.3 is 0 Å². The van der Waals surface area contributed by atoms with Gasteiger partial charge < -0.3 is 24.7 Å². The summed E-state index contributed by atoms with van der Waals surface area (Å²) in [4.78, 5) is 11.7. The molecule has 7 nitrogen and oxygen atoms in total. The SMILES string of the molecule is Cc1nc(SCc2cc(N3CCOCC3)cc(NCC3CCCNC3)n2)oc1C.Cl.Cl. The van der Waals surface area contributed by atoms with E-state index in [-0.39, 0.29) is 24.8 Å². The summed E-state index contributed by atoms with van der Waals surface area (Å²) in [6.45, 7) is 10.5. The van der Waals surface area contributed by atoms with Crippen LogP contribution >= 0.6 is 36.6 Å². The first-order valence-corrected chi connectivity index (χ1v) is 11.5. The Hall–Kier alpha value is -1.19. The van der Waals surface area contributed by atoms with E-state index >= 15 is 0 Å². The maximum absolute atomic E-state index is 5.71. The normalized spacial score (nSPS) is 18.8. The zero-order valence-electron chi connectivity index (χ0n) is 18.2. The molecule has 2 aliphatic rings. The van der Waals surface area contributed by atoms with Gasteiger partial charge in [-0.1, -0.05) is 11.8 Å². The van der Waals surface area contributed by atoms with E-state index in [1.807, 2.05) is 13.8 Å². The van der Waals surface area contributed by atoms with Crippen LogP contribution in [-0.4, -0.2) is 55.9 Å². The third-order valence-electron chi connectivity index (χ3n) is 5.56. The highest BCUT2D eigenvalue weighted by Crippen LogP contribution is 2.27. The van der Waals surface area contributed by atoms with Crippen molar-refractivity contribution >= 4 is 48.1 Å². The van der Waals surface area contributed by atoms with E-state index in [1.165, 1.54) is 18.5 Å². The number of aromatic nitrogens is 2. The van der Waals surface area contributed by atoms with Gasteiger partial charge in [0.05, 0.1) is 24.6 Å². The second kappa shape index (κ2) is 12.7. The van der Waals surface area contributed by atoms with Gasteiger partial charge in [-0.15, -0.1) is 24.8 Å². The highest BCUT2D eigenvalue weighted by atomic mass is 35.5. The molecule has 4 heterocycles. The van der Waals surface area contributed by atoms with Crippen molar-refractivity contribution in [2.75, 3.05) is 56.2 Å². The smallest absolute Gasteiger partial charge is 0.256 e. The van der Waals surface area contributed by atoms with Crippen molar-refractivity contribution in [3.63, 3.8) is 0 Å². The van der Waals surface area contributed by atoms with Gasteiger partial charge in [-0.25, -0.2) is 9.97 Å². The molecular weight excluding hydrogens is 457 g/mol. The number of piperidine rings is 1. The number of rotatable bonds is 7. The number of ether oxygens (including phenoxy) is 1. The number of hydrogen-bond donors (Lipinski definition) is 2. The molecule has 0 bridgehead atoms. The molecule has 2 aromatic heterocycles. The summed E-state index contributed by atoms with van der Waals surface area (Å²) in [5.74, 6) is 3.23. The molecule has 2 aliphatic heterocycles. The predicted octanol–water partition coefficient (Wildman–Crippen LogP) is 4.07. The third-order valence-corrected chi connectivity index (χ3v) is 6.42. The molecule has 2 aromatic rings. The summed E-state index contributed by atoms with van der Waals surface area (Å²) in [6.07, 6.45) is 2.53. The molecule has 0 amide bonds. The van der Waals surface area contributed by atoms with E-state index in [1.54, 1.807) is 11.8 Å². The number of aryl methyl sites for hydroxylation is 2. The maximum atomic E-state index is 5.71. The Bertz CT molecular complexity index is 792. The number of thioether (sulfide) groups is 1. The van der Waals surface area contributed by atoms with Gasteiger partial charge in [0.2, 0.25) is 0 Å². The summed E-state index contributed by atoms with van der Waals surface area (Å²) in [6, 6.07) is 4.36. The van der Waals surface area contributed by atoms with Crippen LogP contribution in [0.4, 0.5) is 11.5 Å². The lowest BCUT2D eigenvalue weighted by molar-refractivity contribution is 0.122. The largest absolute Gasteiger partial charge is 0.437 e. The van der Waals surface area contributed by atoms with Crippen LogP contribution in [0.15, 0.2) is 21.8 Å². The first-order valence-electron chi connectivity index (χ1n) is 10.5. The van der Waals surface area contributed by atoms with Crippen LogP contribution in [0.2, 0.25) is 0 Å². The van der Waals surface area contributed by atoms with Gasteiger partial charge in [0.1, 0.15) is 11.6 Å². The molecule has 10 heteroatoms. The number of anilines is 2. The van der Waals surface area contributed by atoms with Gasteiger partial charge in [-0.2, -0.15) is 0 Å². The van der Waals surface area contributed by atoms with Crippen molar-refractivity contribution in [1.82, 2.24) is 15.3 Å². The van der Waals surface area contributed by atoms with E-state index in [0.29, 0.717) is 11.1 Å². The van der Waals surface area contributed by atoms with E-state index in [4.69, 9.17) is 14.1 Å². The Morgan fingerprint density at radius 3 is 2.68 bits per heavy atom. The van der Waals surface area contributed by atoms with Crippen LogP contribution in [0.3, 0.4) is 0 Å². The Kier molecular flexibility index (Phi) is 10.7. The number of pyridine rings is 1. The minimum absolute atomic E-state index is 0. The Labute approximate surface area is 201 Å². The molecule has 2 saturated heterocycles. The Morgan fingerprint density at radius 2 is 2.00 bits per heavy atom. The lowest BCUT2D eigenvalue weighted by atomic mass is 10.00. The molecule has 1 atom stereocenters. The van der Waals surface area contributed by atoms with E-state index in [9.17, 15) is 0 Å². The summed E-state index contributed by atoms with van der Waals surface area (Å²) in [7, 11) is 0. The number of morpholine rings is 1. The van der Waals surface area contributed by atoms with Gasteiger partial charge in [-0.05, 0) is 51.8 Å². The molecule has 0 aliphatic carbocycles. The summed E-state index contributed by atoms with van der Waals surface area (Å²) in [5.41, 5.74) is 3.20. The number of hydrogen-bond acceptors (Lipinski definition) is 8. The predicted molar refractivity (Wildman–Crippen MR) is 131 cm³/mol. The van der Waals surface area contributed by atoms with E-state index < -0.39 is 0 Å². The lowest BCUT2D eigenvalue weighted by Crippen LogP contribution is -2.36. The quantitative estimate of drug-likeness (QED) is 0.563. The summed E-state index contributed by atoms with van der Waals surface area (Å²) >= 11 is 1.60. The summed E-state index contributed by atoms with van der Waals surface area (Å²) in [5, 5.41) is 7.79. The van der Waals surface area contributed by atoms with Crippen LogP contribution in [-0.2, 0) is 10.5 Å². The fraction of sp³-hybridized carbons (Fsp3) is 0.619. The van der Waals surface area contributed by atoms with Gasteiger partial charge in [0.15, 0.2) is 0 Å². The molecule has 4 rings (SSSR count). The number of halogens is 2. The number of oxazole rings is 1. The minimum Gasteiger partial charge on any atom is -0.437 e. The molecule has 0 spiro atoms. The second-order valence-corrected chi connectivity index (χ2v) is 8.73. The Balaban J connectivity index is 0.00000171. The number of nitrogens with zero attached hydrogens (tertiary/aromatic N) is 3. The van der Waals surface area contributed by atoms with Crippen LogP contribution < -0.4 is 15.5 Å². The standard InChI is InChI=1S/C21H31N5O2S.2ClH/c1-15-16(2)28-21(24-15)29-14-18-10-19(26-6-8-27-9-7-26)11-20(25-18)23-13-17-4-3-5-22-12-17;;/h10-11,17,22H,3-9,12-14H2,1-2H3,(H,23,25);2*1H. The van der Waals surface area contributed by atoms with E-state index in [0.717, 1.165) is 74.7 Å². The Morgan fingerprint density at radius 1 is 1.19 bits per heavy atom. The molecule has 2 fully saturated rings. The molecule has 2 N–H and O–H groups in total. The van der Waals surface area contributed by atoms with Crippen molar-refractivity contribution in [2.24, 2.45) is 5.92 Å². The first kappa shape index (κ1) is 26.1. The average Bonchev–Trinajstić information content (AvgIpc) is 3.09. The summed E-state index contributed by atoms with van der Waals surface area (Å²) < 4.78 is 11.2. The van der Waals surface area contributed by atoms with Crippen LogP contribution in [0, 0.1) is 19.8 Å². The molecule has 174 valence electrons. The van der Waals surface area contributed by atoms with Crippen molar-refractivity contribution in [2.45, 2.75) is 37.7 Å². The number of nitrogens with one attached hydrogen (secondary N) is 2. The topological polar surface area (TPSA) is 75.5 Å². The van der Waals surface area contributed by atoms with Gasteiger partial charge in [-0.3, -0.25) is 0 Å². The lowest BCUT2D eigenvalue weighted by Gasteiger charge is -2.29. The molecule has 1 unspecified atom stereocenters. The van der Waals surface area contributed by atoms with Crippen molar-refractivity contribution in [1.29, 1.82) is 0 Å². The maximum Gasteiger partial charge on any atom is 0.256 e. The minimum atomic E-state index is 0. The highest BCUT2D eigenvalue weighted by molar-refractivity contribution is 7.98. The molecular formula is C21H33Cl2N5O2S. The molecule has 0 saturated carbocycles. The molecule has 0 radical (unpaired) electrons. The fourth-order valence-electron chi connectivity index (χ4n) is 3.73.